The van der Waals surface area contributed by atoms with Crippen molar-refractivity contribution in [2.75, 3.05) is 7.11 Å². The van der Waals surface area contributed by atoms with Gasteiger partial charge in [-0.1, -0.05) is 0 Å². The summed E-state index contributed by atoms with van der Waals surface area (Å²) in [6.07, 6.45) is 2.94. The minimum atomic E-state index is -0.113. The quantitative estimate of drug-likeness (QED) is 0.655. The molecule has 0 radical (unpaired) electrons. The normalized spacial score (nSPS) is 35.5. The summed E-state index contributed by atoms with van der Waals surface area (Å²) < 4.78 is 5.94. The van der Waals surface area contributed by atoms with Crippen LogP contribution < -0.4 is 0 Å². The van der Waals surface area contributed by atoms with Crippen molar-refractivity contribution in [3.05, 3.63) is 35.9 Å². The molecule has 3 saturated carbocycles. The van der Waals surface area contributed by atoms with Crippen LogP contribution in [0, 0.1) is 23.2 Å². The van der Waals surface area contributed by atoms with Crippen molar-refractivity contribution in [2.45, 2.75) is 56.3 Å². The zero-order chi connectivity index (χ0) is 16.0. The third-order valence-electron chi connectivity index (χ3n) is 6.69. The second-order valence-electron chi connectivity index (χ2n) is 8.11. The molecular formula is C20H30OSe. The summed E-state index contributed by atoms with van der Waals surface area (Å²) in [6, 6.07) is 10.8. The van der Waals surface area contributed by atoms with E-state index in [1.54, 1.807) is 0 Å². The Kier molecular flexibility index (Phi) is 4.49. The number of hydrogen-bond donors (Lipinski definition) is 0. The molecule has 0 saturated heterocycles. The number of ether oxygens (including phenoxy) is 1. The molecule has 3 aliphatic rings. The van der Waals surface area contributed by atoms with Crippen LogP contribution in [0.15, 0.2) is 30.3 Å². The van der Waals surface area contributed by atoms with Gasteiger partial charge in [0.25, 0.3) is 0 Å². The predicted molar refractivity (Wildman–Crippen MR) is 94.3 cm³/mol. The molecule has 2 heteroatoms. The number of benzene rings is 1. The Hall–Kier alpha value is -0.301. The molecular weight excluding hydrogens is 335 g/mol. The Morgan fingerprint density at radius 2 is 1.91 bits per heavy atom. The second kappa shape index (κ2) is 5.96. The number of fused-ring (bicyclic) bond motifs is 2. The first-order valence-electron chi connectivity index (χ1n) is 8.61. The molecule has 0 heterocycles. The summed E-state index contributed by atoms with van der Waals surface area (Å²) in [6.45, 7) is 9.77. The topological polar surface area (TPSA) is 9.23 Å². The van der Waals surface area contributed by atoms with Gasteiger partial charge in [-0.05, 0) is 0 Å². The van der Waals surface area contributed by atoms with E-state index in [2.05, 4.69) is 58.0 Å². The van der Waals surface area contributed by atoms with Gasteiger partial charge in [0.05, 0.1) is 0 Å². The number of hydrogen-bond acceptors (Lipinski definition) is 1. The van der Waals surface area contributed by atoms with Crippen molar-refractivity contribution in [3.63, 3.8) is 0 Å². The van der Waals surface area contributed by atoms with E-state index in [1.165, 1.54) is 23.7 Å². The molecule has 5 atom stereocenters. The Morgan fingerprint density at radius 1 is 1.23 bits per heavy atom. The van der Waals surface area contributed by atoms with Crippen LogP contribution in [-0.2, 0) is 10.3 Å². The first kappa shape index (κ1) is 16.6. The second-order valence-corrected chi connectivity index (χ2v) is 10.7. The van der Waals surface area contributed by atoms with Crippen LogP contribution >= 0.6 is 0 Å². The van der Waals surface area contributed by atoms with Crippen molar-refractivity contribution in [3.8, 4) is 0 Å². The van der Waals surface area contributed by atoms with E-state index in [4.69, 9.17) is 4.74 Å². The van der Waals surface area contributed by atoms with Crippen molar-refractivity contribution in [1.29, 1.82) is 0 Å². The summed E-state index contributed by atoms with van der Waals surface area (Å²) in [5.74, 6) is 2.84. The van der Waals surface area contributed by atoms with E-state index < -0.39 is 0 Å². The van der Waals surface area contributed by atoms with Gasteiger partial charge in [0.1, 0.15) is 0 Å². The van der Waals surface area contributed by atoms with Crippen LogP contribution in [0.3, 0.4) is 0 Å². The Morgan fingerprint density at radius 3 is 2.45 bits per heavy atom. The summed E-state index contributed by atoms with van der Waals surface area (Å²) in [5, 5.41) is 1.19. The van der Waals surface area contributed by atoms with Gasteiger partial charge in [0.2, 0.25) is 0 Å². The zero-order valence-electron chi connectivity index (χ0n) is 14.6. The molecule has 22 heavy (non-hydrogen) atoms. The van der Waals surface area contributed by atoms with Gasteiger partial charge in [-0.3, -0.25) is 0 Å². The van der Waals surface area contributed by atoms with Crippen molar-refractivity contribution in [1.82, 2.24) is 0 Å². The van der Waals surface area contributed by atoms with Gasteiger partial charge in [-0.15, -0.1) is 0 Å². The van der Waals surface area contributed by atoms with Crippen LogP contribution in [-0.4, -0.2) is 22.1 Å². The third-order valence-corrected chi connectivity index (χ3v) is 10.4. The minimum absolute atomic E-state index is 0.113. The molecule has 0 N–H and O–H groups in total. The van der Waals surface area contributed by atoms with Crippen molar-refractivity contribution < 1.29 is 4.74 Å². The molecule has 0 aliphatic heterocycles. The molecule has 0 spiro atoms. The maximum atomic E-state index is 5.94. The van der Waals surface area contributed by atoms with Crippen molar-refractivity contribution in [2.24, 2.45) is 23.2 Å². The molecule has 4 rings (SSSR count). The summed E-state index contributed by atoms with van der Waals surface area (Å²) in [5.41, 5.74) is 1.82. The molecule has 122 valence electrons. The zero-order valence-corrected chi connectivity index (χ0v) is 16.3. The molecule has 3 fully saturated rings. The fraction of sp³-hybridized carbons (Fsp3) is 0.700. The van der Waals surface area contributed by atoms with Gasteiger partial charge < -0.3 is 0 Å². The molecule has 1 unspecified atom stereocenters. The van der Waals surface area contributed by atoms with Crippen LogP contribution in [0.2, 0.25) is 10.1 Å². The molecule has 1 aromatic rings. The van der Waals surface area contributed by atoms with Crippen molar-refractivity contribution >= 4 is 15.0 Å². The van der Waals surface area contributed by atoms with Crippen LogP contribution in [0.1, 0.15) is 46.1 Å². The van der Waals surface area contributed by atoms with Gasteiger partial charge in [-0.25, -0.2) is 0 Å². The van der Waals surface area contributed by atoms with Crippen LogP contribution in [0.4, 0.5) is 0 Å². The monoisotopic (exact) mass is 366 g/mol. The molecule has 3 aliphatic carbocycles. The first-order valence-corrected chi connectivity index (χ1v) is 10.8. The summed E-state index contributed by atoms with van der Waals surface area (Å²) >= 11 is 0.660. The molecule has 0 aromatic heterocycles. The fourth-order valence-electron chi connectivity index (χ4n) is 4.64. The van der Waals surface area contributed by atoms with Crippen LogP contribution in [0.25, 0.3) is 0 Å². The molecule has 1 aromatic carbocycles. The Bertz CT molecular complexity index is 512. The van der Waals surface area contributed by atoms with E-state index in [1.807, 2.05) is 7.11 Å². The first-order chi connectivity index (χ1) is 10.4. The average molecular weight is 365 g/mol. The molecule has 2 bridgehead atoms. The summed E-state index contributed by atoms with van der Waals surface area (Å²) in [7, 11) is 1.87. The van der Waals surface area contributed by atoms with E-state index >= 15 is 0 Å². The molecule has 0 amide bonds. The van der Waals surface area contributed by atoms with E-state index in [9.17, 15) is 0 Å². The average Bonchev–Trinajstić information content (AvgIpc) is 2.53. The van der Waals surface area contributed by atoms with Gasteiger partial charge in [-0.2, -0.15) is 0 Å². The standard InChI is InChI=1S/C20H30OSe/c1-14-17-11-16(19(17,2)3)12-18(14)22-13-20(4,21-5)15-9-7-6-8-10-15/h6-10,14,16-18H,11-13H2,1-5H3/t14-,16+,17-,18+,20?/m1/s1. The van der Waals surface area contributed by atoms with Gasteiger partial charge in [0, 0.05) is 0 Å². The maximum absolute atomic E-state index is 5.94. The third kappa shape index (κ3) is 2.68. The number of methoxy groups -OCH3 is 1. The van der Waals surface area contributed by atoms with E-state index in [0.29, 0.717) is 20.4 Å². The molecule has 1 nitrogen and oxygen atoms in total. The van der Waals surface area contributed by atoms with E-state index in [0.717, 1.165) is 22.6 Å². The summed E-state index contributed by atoms with van der Waals surface area (Å²) in [4.78, 5) is 0.947. The Balaban J connectivity index is 1.65. The van der Waals surface area contributed by atoms with Crippen LogP contribution in [0.5, 0.6) is 0 Å². The van der Waals surface area contributed by atoms with Gasteiger partial charge >= 0.3 is 142 Å². The number of rotatable bonds is 5. The van der Waals surface area contributed by atoms with Gasteiger partial charge in [0.15, 0.2) is 0 Å². The SMILES string of the molecule is COC(C)(C[Se][C@H]1C[C@@H]2C[C@H]([C@H]1C)C2(C)C)c1ccccc1. The fourth-order valence-corrected chi connectivity index (χ4v) is 8.16. The predicted octanol–water partition coefficient (Wildman–Crippen LogP) is 5.16. The Labute approximate surface area is 142 Å². The van der Waals surface area contributed by atoms with E-state index in [-0.39, 0.29) is 5.60 Å².